The number of hydrogen-bond acceptors (Lipinski definition) is 3. The molecule has 1 rings (SSSR count). The van der Waals surface area contributed by atoms with Gasteiger partial charge in [0.25, 0.3) is 0 Å². The van der Waals surface area contributed by atoms with Crippen molar-refractivity contribution in [1.82, 2.24) is 4.31 Å². The molecule has 2 N–H and O–H groups in total. The molecule has 9 heteroatoms. The third-order valence-corrected chi connectivity index (χ3v) is 5.11. The van der Waals surface area contributed by atoms with Crippen molar-refractivity contribution in [3.8, 4) is 0 Å². The average Bonchev–Trinajstić information content (AvgIpc) is 2.37. The van der Waals surface area contributed by atoms with Crippen LogP contribution < -0.4 is 5.73 Å². The second kappa shape index (κ2) is 6.29. The maximum Gasteiger partial charge on any atom is 0.416 e. The van der Waals surface area contributed by atoms with E-state index in [1.165, 1.54) is 7.05 Å². The molecule has 0 saturated heterocycles. The molecule has 1 aromatic rings. The minimum atomic E-state index is -4.60. The molecule has 118 valence electrons. The molecule has 1 unspecified atom stereocenters. The van der Waals surface area contributed by atoms with Gasteiger partial charge in [0.1, 0.15) is 0 Å². The Bertz CT molecular complexity index is 630. The Kier molecular flexibility index (Phi) is 5.35. The van der Waals surface area contributed by atoms with Gasteiger partial charge in [-0.15, -0.1) is 0 Å². The van der Waals surface area contributed by atoms with Crippen LogP contribution in [-0.4, -0.2) is 31.3 Å². The second-order valence-electron chi connectivity index (χ2n) is 4.61. The molecule has 0 saturated carbocycles. The fourth-order valence-electron chi connectivity index (χ4n) is 1.59. The van der Waals surface area contributed by atoms with Gasteiger partial charge in [0, 0.05) is 19.5 Å². The highest BCUT2D eigenvalue weighted by Gasteiger charge is 2.32. The van der Waals surface area contributed by atoms with Crippen LogP contribution in [-0.2, 0) is 16.2 Å². The van der Waals surface area contributed by atoms with Crippen LogP contribution in [0.25, 0.3) is 0 Å². The van der Waals surface area contributed by atoms with Crippen LogP contribution in [0.15, 0.2) is 29.2 Å². The molecule has 0 radical (unpaired) electrons. The second-order valence-corrected chi connectivity index (χ2v) is 7.13. The lowest BCUT2D eigenvalue weighted by Gasteiger charge is -2.21. The molecular weight excluding hydrogens is 325 g/mol. The molecule has 0 aliphatic rings. The van der Waals surface area contributed by atoms with Crippen molar-refractivity contribution in [3.05, 3.63) is 29.8 Å². The SMILES string of the molecule is CC(CN(C)S(=O)(=O)c1cccc(C(F)(F)F)c1)C(N)=S. The summed E-state index contributed by atoms with van der Waals surface area (Å²) < 4.78 is 63.3. The van der Waals surface area contributed by atoms with Gasteiger partial charge >= 0.3 is 6.18 Å². The molecule has 4 nitrogen and oxygen atoms in total. The first-order valence-corrected chi connectivity index (χ1v) is 7.74. The Hall–Kier alpha value is -1.19. The lowest BCUT2D eigenvalue weighted by molar-refractivity contribution is -0.137. The van der Waals surface area contributed by atoms with Gasteiger partial charge in [-0.1, -0.05) is 25.2 Å². The van der Waals surface area contributed by atoms with Crippen molar-refractivity contribution < 1.29 is 21.6 Å². The van der Waals surface area contributed by atoms with E-state index < -0.39 is 26.7 Å². The van der Waals surface area contributed by atoms with Gasteiger partial charge in [-0.05, 0) is 18.2 Å². The Morgan fingerprint density at radius 2 is 2.00 bits per heavy atom. The Labute approximate surface area is 126 Å². The zero-order chi connectivity index (χ0) is 16.4. The number of nitrogens with zero attached hydrogens (tertiary/aromatic N) is 1. The Morgan fingerprint density at radius 3 is 2.48 bits per heavy atom. The summed E-state index contributed by atoms with van der Waals surface area (Å²) in [5, 5.41) is 0. The summed E-state index contributed by atoms with van der Waals surface area (Å²) in [7, 11) is -2.76. The third kappa shape index (κ3) is 4.39. The summed E-state index contributed by atoms with van der Waals surface area (Å²) in [4.78, 5) is -0.281. The van der Waals surface area contributed by atoms with Crippen LogP contribution in [0.3, 0.4) is 0 Å². The lowest BCUT2D eigenvalue weighted by atomic mass is 10.2. The van der Waals surface area contributed by atoms with E-state index in [4.69, 9.17) is 18.0 Å². The molecule has 0 aliphatic heterocycles. The van der Waals surface area contributed by atoms with E-state index in [2.05, 4.69) is 0 Å². The van der Waals surface area contributed by atoms with Gasteiger partial charge in [-0.25, -0.2) is 12.7 Å². The highest BCUT2D eigenvalue weighted by molar-refractivity contribution is 7.89. The van der Waals surface area contributed by atoms with Gasteiger partial charge in [0.05, 0.1) is 15.4 Å². The van der Waals surface area contributed by atoms with Gasteiger partial charge in [-0.2, -0.15) is 13.2 Å². The van der Waals surface area contributed by atoms with Crippen molar-refractivity contribution >= 4 is 27.2 Å². The van der Waals surface area contributed by atoms with Crippen LogP contribution in [0.2, 0.25) is 0 Å². The van der Waals surface area contributed by atoms with Crippen molar-refractivity contribution in [2.24, 2.45) is 11.7 Å². The summed E-state index contributed by atoms with van der Waals surface area (Å²) in [6.07, 6.45) is -4.60. The largest absolute Gasteiger partial charge is 0.416 e. The topological polar surface area (TPSA) is 63.4 Å². The standard InChI is InChI=1S/C12H15F3N2O2S2/c1-8(11(16)20)7-17(2)21(18,19)10-5-3-4-9(6-10)12(13,14)15/h3-6,8H,7H2,1-2H3,(H2,16,20). The molecule has 0 heterocycles. The van der Waals surface area contributed by atoms with Gasteiger partial charge in [-0.3, -0.25) is 0 Å². The molecule has 0 bridgehead atoms. The van der Waals surface area contributed by atoms with Crippen molar-refractivity contribution in [2.75, 3.05) is 13.6 Å². The summed E-state index contributed by atoms with van der Waals surface area (Å²) in [5.74, 6) is -0.384. The molecule has 0 aromatic heterocycles. The van der Waals surface area contributed by atoms with E-state index in [0.29, 0.717) is 6.07 Å². The van der Waals surface area contributed by atoms with E-state index in [0.717, 1.165) is 22.5 Å². The minimum absolute atomic E-state index is 0.00604. The number of halogens is 3. The normalized spacial score (nSPS) is 14.2. The number of sulfonamides is 1. The molecule has 1 atom stereocenters. The smallest absolute Gasteiger partial charge is 0.393 e. The average molecular weight is 340 g/mol. The van der Waals surface area contributed by atoms with Crippen LogP contribution in [0, 0.1) is 5.92 Å². The van der Waals surface area contributed by atoms with Gasteiger partial charge < -0.3 is 5.73 Å². The van der Waals surface area contributed by atoms with Crippen molar-refractivity contribution in [2.45, 2.75) is 18.0 Å². The number of benzene rings is 1. The highest BCUT2D eigenvalue weighted by atomic mass is 32.2. The van der Waals surface area contributed by atoms with Crippen molar-refractivity contribution in [1.29, 1.82) is 0 Å². The van der Waals surface area contributed by atoms with E-state index in [1.807, 2.05) is 0 Å². The summed E-state index contributed by atoms with van der Waals surface area (Å²) >= 11 is 4.75. The minimum Gasteiger partial charge on any atom is -0.393 e. The van der Waals surface area contributed by atoms with Crippen LogP contribution in [0.5, 0.6) is 0 Å². The Balaban J connectivity index is 3.11. The zero-order valence-corrected chi connectivity index (χ0v) is 13.0. The first kappa shape index (κ1) is 17.9. The fourth-order valence-corrected chi connectivity index (χ4v) is 2.97. The number of nitrogens with two attached hydrogens (primary N) is 1. The third-order valence-electron chi connectivity index (χ3n) is 2.89. The molecule has 0 fully saturated rings. The quantitative estimate of drug-likeness (QED) is 0.835. The molecular formula is C12H15F3N2O2S2. The highest BCUT2D eigenvalue weighted by Crippen LogP contribution is 2.31. The number of alkyl halides is 3. The van der Waals surface area contributed by atoms with Crippen LogP contribution in [0.4, 0.5) is 13.2 Å². The zero-order valence-electron chi connectivity index (χ0n) is 11.4. The predicted molar refractivity (Wildman–Crippen MR) is 77.2 cm³/mol. The monoisotopic (exact) mass is 340 g/mol. The van der Waals surface area contributed by atoms with Crippen LogP contribution in [0.1, 0.15) is 12.5 Å². The fraction of sp³-hybridized carbons (Fsp3) is 0.417. The first-order chi connectivity index (χ1) is 9.46. The summed E-state index contributed by atoms with van der Waals surface area (Å²) in [6, 6.07) is 3.60. The number of hydrogen-bond donors (Lipinski definition) is 1. The molecule has 1 aromatic carbocycles. The molecule has 0 aliphatic carbocycles. The maximum atomic E-state index is 12.6. The Morgan fingerprint density at radius 1 is 1.43 bits per heavy atom. The molecule has 0 amide bonds. The molecule has 21 heavy (non-hydrogen) atoms. The maximum absolute atomic E-state index is 12.6. The van der Waals surface area contributed by atoms with Gasteiger partial charge in [0.15, 0.2) is 0 Å². The van der Waals surface area contributed by atoms with Gasteiger partial charge in [0.2, 0.25) is 10.0 Å². The van der Waals surface area contributed by atoms with E-state index >= 15 is 0 Å². The van der Waals surface area contributed by atoms with Crippen LogP contribution >= 0.6 is 12.2 Å². The number of rotatable bonds is 5. The number of thiocarbonyl (C=S) groups is 1. The summed E-state index contributed by atoms with van der Waals surface area (Å²) in [6.45, 7) is 1.63. The van der Waals surface area contributed by atoms with Crippen molar-refractivity contribution in [3.63, 3.8) is 0 Å². The van der Waals surface area contributed by atoms with E-state index in [-0.39, 0.29) is 17.5 Å². The lowest BCUT2D eigenvalue weighted by Crippen LogP contribution is -2.35. The summed E-state index contributed by atoms with van der Waals surface area (Å²) in [5.41, 5.74) is 4.39. The van der Waals surface area contributed by atoms with E-state index in [9.17, 15) is 21.6 Å². The van der Waals surface area contributed by atoms with E-state index in [1.54, 1.807) is 6.92 Å². The first-order valence-electron chi connectivity index (χ1n) is 5.89. The predicted octanol–water partition coefficient (Wildman–Crippen LogP) is 2.25. The molecule has 0 spiro atoms.